The van der Waals surface area contributed by atoms with Gasteiger partial charge in [-0.05, 0) is 43.7 Å². The van der Waals surface area contributed by atoms with Crippen LogP contribution in [0.3, 0.4) is 0 Å². The van der Waals surface area contributed by atoms with Crippen molar-refractivity contribution in [3.8, 4) is 0 Å². The van der Waals surface area contributed by atoms with Gasteiger partial charge in [0.1, 0.15) is 0 Å². The molecule has 0 saturated carbocycles. The van der Waals surface area contributed by atoms with Crippen LogP contribution in [0, 0.1) is 11.8 Å². The van der Waals surface area contributed by atoms with Crippen LogP contribution in [0.4, 0.5) is 0 Å². The van der Waals surface area contributed by atoms with Crippen LogP contribution in [0.15, 0.2) is 12.7 Å². The number of carboxylic acids is 1. The fraction of sp³-hybridized carbons (Fsp3) is 0.810. The van der Waals surface area contributed by atoms with Gasteiger partial charge in [0.2, 0.25) is 5.91 Å². The van der Waals surface area contributed by atoms with Crippen molar-refractivity contribution in [2.24, 2.45) is 11.8 Å². The van der Waals surface area contributed by atoms with E-state index in [-0.39, 0.29) is 12.5 Å². The van der Waals surface area contributed by atoms with E-state index in [0.29, 0.717) is 5.92 Å². The topological polar surface area (TPSA) is 69.6 Å². The number of nitrogens with zero attached hydrogens (tertiary/aromatic N) is 1. The molecule has 0 aliphatic carbocycles. The molecule has 26 heavy (non-hydrogen) atoms. The maximum Gasteiger partial charge on any atom is 0.317 e. The molecule has 1 saturated heterocycles. The van der Waals surface area contributed by atoms with Crippen LogP contribution in [0.25, 0.3) is 0 Å². The number of hydrogen-bond donors (Lipinski definition) is 2. The van der Waals surface area contributed by atoms with E-state index in [1.54, 1.807) is 0 Å². The fourth-order valence-electron chi connectivity index (χ4n) is 2.45. The Morgan fingerprint density at radius 1 is 1.23 bits per heavy atom. The number of unbranched alkanes of at least 4 members (excludes halogenated alkanes) is 1. The van der Waals surface area contributed by atoms with Crippen molar-refractivity contribution in [3.63, 3.8) is 0 Å². The van der Waals surface area contributed by atoms with Crippen LogP contribution < -0.4 is 5.32 Å². The summed E-state index contributed by atoms with van der Waals surface area (Å²) >= 11 is 0. The third kappa shape index (κ3) is 16.1. The summed E-state index contributed by atoms with van der Waals surface area (Å²) in [7, 11) is 0. The van der Waals surface area contributed by atoms with Crippen molar-refractivity contribution in [2.45, 2.75) is 73.1 Å². The van der Waals surface area contributed by atoms with Crippen molar-refractivity contribution in [3.05, 3.63) is 12.7 Å². The second-order valence-electron chi connectivity index (χ2n) is 6.84. The van der Waals surface area contributed by atoms with Gasteiger partial charge >= 0.3 is 5.97 Å². The Kier molecular flexibility index (Phi) is 19.0. The molecule has 0 spiro atoms. The number of rotatable bonds is 9. The van der Waals surface area contributed by atoms with E-state index in [2.05, 4.69) is 32.7 Å². The molecule has 1 aliphatic heterocycles. The molecule has 154 valence electrons. The van der Waals surface area contributed by atoms with Gasteiger partial charge in [0.05, 0.1) is 6.54 Å². The van der Waals surface area contributed by atoms with Crippen LogP contribution in [0.1, 0.15) is 73.1 Å². The molecule has 1 rings (SSSR count). The molecule has 0 aromatic carbocycles. The first-order valence-corrected chi connectivity index (χ1v) is 10.2. The molecule has 1 amide bonds. The molecule has 0 atom stereocenters. The summed E-state index contributed by atoms with van der Waals surface area (Å²) in [5, 5.41) is 11.4. The zero-order valence-electron chi connectivity index (χ0n) is 17.7. The van der Waals surface area contributed by atoms with Gasteiger partial charge in [-0.2, -0.15) is 0 Å². The van der Waals surface area contributed by atoms with Crippen LogP contribution in [-0.4, -0.2) is 48.1 Å². The minimum absolute atomic E-state index is 0.0383. The lowest BCUT2D eigenvalue weighted by Gasteiger charge is -2.31. The predicted octanol–water partition coefficient (Wildman–Crippen LogP) is 4.33. The highest BCUT2D eigenvalue weighted by atomic mass is 16.4. The molecule has 5 nitrogen and oxygen atoms in total. The van der Waals surface area contributed by atoms with E-state index in [1.807, 2.05) is 18.7 Å². The summed E-state index contributed by atoms with van der Waals surface area (Å²) in [5.74, 6) is 0.818. The first-order chi connectivity index (χ1) is 12.4. The van der Waals surface area contributed by atoms with Crippen molar-refractivity contribution < 1.29 is 14.7 Å². The predicted molar refractivity (Wildman–Crippen MR) is 110 cm³/mol. The highest BCUT2D eigenvalue weighted by molar-refractivity contribution is 5.87. The van der Waals surface area contributed by atoms with Crippen molar-refractivity contribution in [1.82, 2.24) is 10.2 Å². The van der Waals surface area contributed by atoms with E-state index < -0.39 is 5.97 Å². The number of aliphatic carboxylic acids is 1. The number of hydrogen-bond acceptors (Lipinski definition) is 3. The number of carbonyl (C=O) groups is 2. The Hall–Kier alpha value is -1.36. The minimum Gasteiger partial charge on any atom is -0.480 e. The summed E-state index contributed by atoms with van der Waals surface area (Å²) in [5.41, 5.74) is 0. The van der Waals surface area contributed by atoms with E-state index in [0.717, 1.165) is 51.2 Å². The molecule has 1 fully saturated rings. The number of nitrogens with one attached hydrogen (secondary N) is 1. The molecule has 0 aromatic rings. The summed E-state index contributed by atoms with van der Waals surface area (Å²) in [6, 6.07) is 0. The Bertz CT molecular complexity index is 362. The monoisotopic (exact) mass is 370 g/mol. The maximum absolute atomic E-state index is 11.4. The number of likely N-dealkylation sites (tertiary alicyclic amines) is 1. The molecule has 0 aromatic heterocycles. The summed E-state index contributed by atoms with van der Waals surface area (Å²) in [4.78, 5) is 23.6. The average molecular weight is 371 g/mol. The van der Waals surface area contributed by atoms with Gasteiger partial charge in [0.25, 0.3) is 0 Å². The van der Waals surface area contributed by atoms with Gasteiger partial charge in [-0.1, -0.05) is 60.5 Å². The second-order valence-corrected chi connectivity index (χ2v) is 6.84. The SMILES string of the molecule is C=CC(=O)N1CCC(CCCCNCC(=O)O)CC1.CC.CCC(C)C. The van der Waals surface area contributed by atoms with E-state index in [9.17, 15) is 9.59 Å². The first kappa shape index (κ1) is 26.9. The molecular formula is C21H42N2O3. The Morgan fingerprint density at radius 3 is 2.19 bits per heavy atom. The Morgan fingerprint density at radius 2 is 1.77 bits per heavy atom. The molecular weight excluding hydrogens is 328 g/mol. The summed E-state index contributed by atoms with van der Waals surface area (Å²) in [6.07, 6.45) is 8.13. The molecule has 2 N–H and O–H groups in total. The van der Waals surface area contributed by atoms with E-state index in [1.165, 1.54) is 18.9 Å². The van der Waals surface area contributed by atoms with Gasteiger partial charge in [-0.3, -0.25) is 9.59 Å². The highest BCUT2D eigenvalue weighted by Crippen LogP contribution is 2.22. The first-order valence-electron chi connectivity index (χ1n) is 10.2. The molecule has 0 unspecified atom stereocenters. The number of carboxylic acid groups (broad SMARTS) is 1. The molecule has 1 aliphatic rings. The zero-order chi connectivity index (χ0) is 20.4. The van der Waals surface area contributed by atoms with Crippen LogP contribution >= 0.6 is 0 Å². The standard InChI is InChI=1S/C14H24N2O3.C5H12.C2H6/c1-2-13(17)16-9-6-12(7-10-16)5-3-4-8-15-11-14(18)19;1-4-5(2)3;1-2/h2,12,15H,1,3-11H2,(H,18,19);5H,4H2,1-3H3;1-2H3. The number of amides is 1. The maximum atomic E-state index is 11.4. The van der Waals surface area contributed by atoms with Crippen LogP contribution in [0.2, 0.25) is 0 Å². The van der Waals surface area contributed by atoms with Crippen molar-refractivity contribution >= 4 is 11.9 Å². The average Bonchev–Trinajstić information content (AvgIpc) is 2.66. The van der Waals surface area contributed by atoms with Crippen LogP contribution in [-0.2, 0) is 9.59 Å². The summed E-state index contributed by atoms with van der Waals surface area (Å²) < 4.78 is 0. The molecule has 5 heteroatoms. The fourth-order valence-corrected chi connectivity index (χ4v) is 2.45. The Balaban J connectivity index is 0. The van der Waals surface area contributed by atoms with Gasteiger partial charge in [-0.25, -0.2) is 0 Å². The smallest absolute Gasteiger partial charge is 0.317 e. The Labute approximate surface area is 161 Å². The van der Waals surface area contributed by atoms with Crippen molar-refractivity contribution in [1.29, 1.82) is 0 Å². The lowest BCUT2D eigenvalue weighted by molar-refractivity contribution is -0.136. The number of piperidine rings is 1. The third-order valence-electron chi connectivity index (χ3n) is 4.41. The third-order valence-corrected chi connectivity index (χ3v) is 4.41. The number of carbonyl (C=O) groups excluding carboxylic acids is 1. The van der Waals surface area contributed by atoms with Gasteiger partial charge in [0, 0.05) is 13.1 Å². The van der Waals surface area contributed by atoms with E-state index >= 15 is 0 Å². The highest BCUT2D eigenvalue weighted by Gasteiger charge is 2.20. The van der Waals surface area contributed by atoms with Crippen molar-refractivity contribution in [2.75, 3.05) is 26.2 Å². The lowest BCUT2D eigenvalue weighted by Crippen LogP contribution is -2.37. The van der Waals surface area contributed by atoms with Crippen LogP contribution in [0.5, 0.6) is 0 Å². The summed E-state index contributed by atoms with van der Waals surface area (Å²) in [6.45, 7) is 16.6. The molecule has 0 bridgehead atoms. The molecule has 0 radical (unpaired) electrons. The largest absolute Gasteiger partial charge is 0.480 e. The van der Waals surface area contributed by atoms with Gasteiger partial charge in [0.15, 0.2) is 0 Å². The van der Waals surface area contributed by atoms with E-state index in [4.69, 9.17) is 5.11 Å². The molecule has 1 heterocycles. The quantitative estimate of drug-likeness (QED) is 0.468. The van der Waals surface area contributed by atoms with Gasteiger partial charge < -0.3 is 15.3 Å². The second kappa shape index (κ2) is 18.4. The van der Waals surface area contributed by atoms with Gasteiger partial charge in [-0.15, -0.1) is 0 Å². The minimum atomic E-state index is -0.806. The normalized spacial score (nSPS) is 14.0. The zero-order valence-corrected chi connectivity index (χ0v) is 17.7. The lowest BCUT2D eigenvalue weighted by atomic mass is 9.91.